The van der Waals surface area contributed by atoms with Gasteiger partial charge in [0.15, 0.2) is 0 Å². The minimum atomic E-state index is 0.0185. The average Bonchev–Trinajstić information content (AvgIpc) is 2.14. The van der Waals surface area contributed by atoms with E-state index in [0.717, 1.165) is 12.0 Å². The number of hydrogen-bond donors (Lipinski definition) is 2. The van der Waals surface area contributed by atoms with Crippen LogP contribution in [0.25, 0.3) is 0 Å². The van der Waals surface area contributed by atoms with Crippen LogP contribution in [0, 0.1) is 0 Å². The second-order valence-corrected chi connectivity index (χ2v) is 2.13. The van der Waals surface area contributed by atoms with Crippen LogP contribution in [-0.4, -0.2) is 18.1 Å². The van der Waals surface area contributed by atoms with Crippen molar-refractivity contribution >= 4 is 18.2 Å². The van der Waals surface area contributed by atoms with Crippen molar-refractivity contribution in [3.05, 3.63) is 0 Å². The van der Waals surface area contributed by atoms with Crippen molar-refractivity contribution < 1.29 is 4.79 Å². The fourth-order valence-corrected chi connectivity index (χ4v) is 1.02. The molecule has 1 unspecified atom stereocenters. The first-order valence-corrected chi connectivity index (χ1v) is 2.99. The van der Waals surface area contributed by atoms with Crippen molar-refractivity contribution in [1.82, 2.24) is 10.3 Å². The molecule has 1 heterocycles. The lowest BCUT2D eigenvalue weighted by Crippen LogP contribution is -2.30. The Morgan fingerprint density at radius 1 is 1.86 bits per heavy atom. The molecular formula is C3H6N2OS. The van der Waals surface area contributed by atoms with E-state index >= 15 is 0 Å². The molecule has 7 heavy (non-hydrogen) atoms. The highest BCUT2D eigenvalue weighted by Gasteiger charge is 2.11. The van der Waals surface area contributed by atoms with Crippen LogP contribution >= 0.6 is 11.9 Å². The number of carbonyl (C=O) groups excluding carboxylic acids is 1. The largest absolute Gasteiger partial charge is 0.302 e. The van der Waals surface area contributed by atoms with E-state index in [0.29, 0.717) is 0 Å². The third-order valence-corrected chi connectivity index (χ3v) is 1.53. The maximum Gasteiger partial charge on any atom is 0.139 e. The van der Waals surface area contributed by atoms with Crippen LogP contribution in [0.2, 0.25) is 0 Å². The van der Waals surface area contributed by atoms with Gasteiger partial charge in [-0.3, -0.25) is 0 Å². The van der Waals surface area contributed by atoms with Crippen LogP contribution < -0.4 is 10.3 Å². The molecule has 1 atom stereocenters. The Bertz CT molecular complexity index is 71.3. The molecule has 0 aromatic heterocycles. The predicted octanol–water partition coefficient (Wildman–Crippen LogP) is -0.690. The summed E-state index contributed by atoms with van der Waals surface area (Å²) in [4.78, 5) is 12.6. The van der Waals surface area contributed by atoms with Gasteiger partial charge in [-0.2, -0.15) is 0 Å². The van der Waals surface area contributed by atoms with Crippen molar-refractivity contribution in [1.29, 1.82) is 0 Å². The zero-order valence-electron chi connectivity index (χ0n) is 3.68. The molecule has 2 N–H and O–H groups in total. The number of nitrogens with one attached hydrogen (secondary N) is 2. The minimum absolute atomic E-state index is 0.0185. The summed E-state index contributed by atoms with van der Waals surface area (Å²) in [6.45, 7) is 0. The maximum atomic E-state index is 9.89. The first kappa shape index (κ1) is 5.08. The smallest absolute Gasteiger partial charge is 0.139 e. The maximum absolute atomic E-state index is 9.89. The topological polar surface area (TPSA) is 41.1 Å². The van der Waals surface area contributed by atoms with E-state index in [2.05, 4.69) is 10.3 Å². The Morgan fingerprint density at radius 2 is 2.71 bits per heavy atom. The highest BCUT2D eigenvalue weighted by Crippen LogP contribution is 1.99. The third-order valence-electron chi connectivity index (χ3n) is 0.744. The minimum Gasteiger partial charge on any atom is -0.302 e. The van der Waals surface area contributed by atoms with Gasteiger partial charge in [0.2, 0.25) is 0 Å². The second-order valence-electron chi connectivity index (χ2n) is 1.30. The number of carbonyl (C=O) groups is 1. The van der Waals surface area contributed by atoms with Crippen LogP contribution in [0.1, 0.15) is 0 Å². The van der Waals surface area contributed by atoms with Crippen molar-refractivity contribution in [2.24, 2.45) is 0 Å². The second kappa shape index (κ2) is 2.30. The van der Waals surface area contributed by atoms with Gasteiger partial charge in [0, 0.05) is 5.75 Å². The summed E-state index contributed by atoms with van der Waals surface area (Å²) in [7, 11) is 0. The molecule has 0 bridgehead atoms. The molecule has 0 spiro atoms. The molecule has 0 radical (unpaired) electrons. The summed E-state index contributed by atoms with van der Waals surface area (Å²) in [6, 6.07) is 0.0185. The molecule has 1 rings (SSSR count). The van der Waals surface area contributed by atoms with Gasteiger partial charge in [0.1, 0.15) is 6.29 Å². The number of hydrogen-bond acceptors (Lipinski definition) is 4. The van der Waals surface area contributed by atoms with E-state index in [-0.39, 0.29) is 6.04 Å². The lowest BCUT2D eigenvalue weighted by Gasteiger charge is -1.91. The van der Waals surface area contributed by atoms with Crippen molar-refractivity contribution in [2.75, 3.05) is 5.75 Å². The monoisotopic (exact) mass is 118 g/mol. The van der Waals surface area contributed by atoms with Gasteiger partial charge >= 0.3 is 0 Å². The van der Waals surface area contributed by atoms with Gasteiger partial charge in [-0.1, -0.05) is 11.9 Å². The van der Waals surface area contributed by atoms with Crippen LogP contribution in [0.5, 0.6) is 0 Å². The Labute approximate surface area is 46.0 Å². The van der Waals surface area contributed by atoms with Gasteiger partial charge in [-0.25, -0.2) is 10.3 Å². The lowest BCUT2D eigenvalue weighted by atomic mass is 10.4. The van der Waals surface area contributed by atoms with Crippen LogP contribution in [-0.2, 0) is 4.79 Å². The molecular weight excluding hydrogens is 112 g/mol. The van der Waals surface area contributed by atoms with Gasteiger partial charge < -0.3 is 4.79 Å². The molecule has 0 amide bonds. The van der Waals surface area contributed by atoms with Gasteiger partial charge in [0.25, 0.3) is 0 Å². The van der Waals surface area contributed by atoms with E-state index in [4.69, 9.17) is 0 Å². The van der Waals surface area contributed by atoms with Crippen molar-refractivity contribution in [2.45, 2.75) is 6.04 Å². The summed E-state index contributed by atoms with van der Waals surface area (Å²) in [5.41, 5.74) is 2.75. The number of aldehydes is 1. The Hall–Kier alpha value is -0.0600. The van der Waals surface area contributed by atoms with E-state index < -0.39 is 0 Å². The molecule has 0 aliphatic carbocycles. The van der Waals surface area contributed by atoms with Gasteiger partial charge in [-0.15, -0.1) is 0 Å². The predicted molar refractivity (Wildman–Crippen MR) is 28.6 cm³/mol. The molecule has 3 nitrogen and oxygen atoms in total. The molecule has 4 heteroatoms. The highest BCUT2D eigenvalue weighted by atomic mass is 32.2. The van der Waals surface area contributed by atoms with E-state index in [1.807, 2.05) is 0 Å². The number of rotatable bonds is 1. The summed E-state index contributed by atoms with van der Waals surface area (Å²) in [5, 5.41) is 0. The molecule has 1 aliphatic rings. The first-order chi connectivity index (χ1) is 3.43. The molecule has 40 valence electrons. The van der Waals surface area contributed by atoms with Crippen LogP contribution in [0.4, 0.5) is 0 Å². The molecule has 0 aromatic rings. The van der Waals surface area contributed by atoms with E-state index in [1.165, 1.54) is 11.9 Å². The van der Waals surface area contributed by atoms with Crippen LogP contribution in [0.3, 0.4) is 0 Å². The molecule has 0 saturated carbocycles. The van der Waals surface area contributed by atoms with Crippen molar-refractivity contribution in [3.63, 3.8) is 0 Å². The summed E-state index contributed by atoms with van der Waals surface area (Å²) in [6.07, 6.45) is 0.896. The Balaban J connectivity index is 2.26. The van der Waals surface area contributed by atoms with Crippen molar-refractivity contribution in [3.8, 4) is 0 Å². The van der Waals surface area contributed by atoms with E-state index in [9.17, 15) is 4.79 Å². The quantitative estimate of drug-likeness (QED) is 0.353. The SMILES string of the molecule is O=CC1CSNN1. The lowest BCUT2D eigenvalue weighted by molar-refractivity contribution is -0.109. The molecule has 1 saturated heterocycles. The summed E-state index contributed by atoms with van der Waals surface area (Å²) in [5.74, 6) is 0.837. The highest BCUT2D eigenvalue weighted by molar-refractivity contribution is 7.97. The zero-order valence-corrected chi connectivity index (χ0v) is 4.49. The molecule has 0 aromatic carbocycles. The number of hydrazine groups is 1. The zero-order chi connectivity index (χ0) is 5.11. The van der Waals surface area contributed by atoms with Gasteiger partial charge in [-0.05, 0) is 0 Å². The fourth-order valence-electron chi connectivity index (χ4n) is 0.364. The third kappa shape index (κ3) is 1.15. The summed E-state index contributed by atoms with van der Waals surface area (Å²) < 4.78 is 0. The Kier molecular flexibility index (Phi) is 1.67. The summed E-state index contributed by atoms with van der Waals surface area (Å²) >= 11 is 1.51. The average molecular weight is 118 g/mol. The molecule has 1 aliphatic heterocycles. The Morgan fingerprint density at radius 3 is 3.00 bits per heavy atom. The van der Waals surface area contributed by atoms with E-state index in [1.54, 1.807) is 0 Å². The first-order valence-electron chi connectivity index (χ1n) is 2.01. The fraction of sp³-hybridized carbons (Fsp3) is 0.667. The standard InChI is InChI=1S/C3H6N2OS/c6-1-3-2-7-5-4-3/h1,3-5H,2H2. The normalized spacial score (nSPS) is 30.6. The van der Waals surface area contributed by atoms with Gasteiger partial charge in [0.05, 0.1) is 6.04 Å². The van der Waals surface area contributed by atoms with Crippen LogP contribution in [0.15, 0.2) is 0 Å². The molecule has 1 fully saturated rings.